The molecule has 0 spiro atoms. The lowest BCUT2D eigenvalue weighted by Gasteiger charge is -2.42. The van der Waals surface area contributed by atoms with Crippen molar-refractivity contribution >= 4 is 0 Å². The van der Waals surface area contributed by atoms with E-state index in [1.807, 2.05) is 0 Å². The van der Waals surface area contributed by atoms with E-state index < -0.39 is 0 Å². The molecule has 0 aromatic carbocycles. The van der Waals surface area contributed by atoms with Crippen molar-refractivity contribution < 1.29 is 0 Å². The molecular weight excluding hydrogens is 144 g/mol. The minimum Gasteiger partial charge on any atom is -0.0649 e. The van der Waals surface area contributed by atoms with Crippen LogP contribution >= 0.6 is 0 Å². The van der Waals surface area contributed by atoms with Crippen molar-refractivity contribution in [1.82, 2.24) is 0 Å². The summed E-state index contributed by atoms with van der Waals surface area (Å²) in [4.78, 5) is 0. The van der Waals surface area contributed by atoms with Crippen molar-refractivity contribution in [2.45, 2.75) is 59.8 Å². The first-order chi connectivity index (χ1) is 5.63. The van der Waals surface area contributed by atoms with E-state index in [1.165, 1.54) is 32.1 Å². The van der Waals surface area contributed by atoms with Gasteiger partial charge in [0.15, 0.2) is 0 Å². The van der Waals surface area contributed by atoms with Crippen molar-refractivity contribution in [3.8, 4) is 0 Å². The Hall–Kier alpha value is 0. The van der Waals surface area contributed by atoms with E-state index in [0.29, 0.717) is 5.41 Å². The van der Waals surface area contributed by atoms with Crippen molar-refractivity contribution in [2.75, 3.05) is 0 Å². The molecule has 1 rings (SSSR count). The normalized spacial score (nSPS) is 35.0. The molecule has 0 bridgehead atoms. The Morgan fingerprint density at radius 3 is 2.08 bits per heavy atom. The average molecular weight is 168 g/mol. The number of hydrogen-bond donors (Lipinski definition) is 0. The van der Waals surface area contributed by atoms with Gasteiger partial charge in [0.25, 0.3) is 0 Å². The zero-order valence-corrected chi connectivity index (χ0v) is 9.19. The minimum atomic E-state index is 0.714. The third kappa shape index (κ3) is 1.84. The van der Waals surface area contributed by atoms with Crippen LogP contribution in [0.1, 0.15) is 59.8 Å². The van der Waals surface area contributed by atoms with Gasteiger partial charge in [0, 0.05) is 0 Å². The largest absolute Gasteiger partial charge is 0.0649 e. The fraction of sp³-hybridized carbons (Fsp3) is 1.00. The molecule has 1 aliphatic rings. The van der Waals surface area contributed by atoms with Crippen molar-refractivity contribution in [3.05, 3.63) is 0 Å². The van der Waals surface area contributed by atoms with Crippen LogP contribution < -0.4 is 0 Å². The van der Waals surface area contributed by atoms with Crippen LogP contribution in [-0.2, 0) is 0 Å². The fourth-order valence-electron chi connectivity index (χ4n) is 2.70. The molecule has 1 aliphatic carbocycles. The van der Waals surface area contributed by atoms with Gasteiger partial charge in [-0.15, -0.1) is 0 Å². The molecule has 1 fully saturated rings. The predicted octanol–water partition coefficient (Wildman–Crippen LogP) is 4.25. The first-order valence-corrected chi connectivity index (χ1v) is 5.63. The Morgan fingerprint density at radius 2 is 1.67 bits per heavy atom. The Balaban J connectivity index is 2.58. The summed E-state index contributed by atoms with van der Waals surface area (Å²) in [7, 11) is 0. The SMILES string of the molecule is CCC1(CC)CCC(C)C(C)C1. The highest BCUT2D eigenvalue weighted by molar-refractivity contribution is 4.85. The van der Waals surface area contributed by atoms with Gasteiger partial charge in [0.05, 0.1) is 0 Å². The van der Waals surface area contributed by atoms with E-state index in [1.54, 1.807) is 0 Å². The molecule has 0 amide bonds. The third-order valence-corrected chi connectivity index (χ3v) is 4.36. The summed E-state index contributed by atoms with van der Waals surface area (Å²) in [6, 6.07) is 0. The summed E-state index contributed by atoms with van der Waals surface area (Å²) in [5, 5.41) is 0. The minimum absolute atomic E-state index is 0.714. The van der Waals surface area contributed by atoms with Crippen LogP contribution in [0.15, 0.2) is 0 Å². The summed E-state index contributed by atoms with van der Waals surface area (Å²) < 4.78 is 0. The molecule has 1 saturated carbocycles. The first-order valence-electron chi connectivity index (χ1n) is 5.63. The Morgan fingerprint density at radius 1 is 1.08 bits per heavy atom. The van der Waals surface area contributed by atoms with E-state index in [4.69, 9.17) is 0 Å². The Labute approximate surface area is 77.7 Å². The van der Waals surface area contributed by atoms with Gasteiger partial charge in [-0.1, -0.05) is 40.5 Å². The molecule has 0 N–H and O–H groups in total. The second-order valence-corrected chi connectivity index (χ2v) is 4.90. The molecule has 2 atom stereocenters. The second-order valence-electron chi connectivity index (χ2n) is 4.90. The van der Waals surface area contributed by atoms with Gasteiger partial charge in [-0.2, -0.15) is 0 Å². The molecule has 0 heteroatoms. The van der Waals surface area contributed by atoms with Crippen molar-refractivity contribution in [2.24, 2.45) is 17.3 Å². The monoisotopic (exact) mass is 168 g/mol. The molecule has 0 heterocycles. The summed E-state index contributed by atoms with van der Waals surface area (Å²) in [5.74, 6) is 1.93. The average Bonchev–Trinajstić information content (AvgIpc) is 2.10. The lowest BCUT2D eigenvalue weighted by atomic mass is 9.64. The summed E-state index contributed by atoms with van der Waals surface area (Å²) in [5.41, 5.74) is 0.714. The maximum Gasteiger partial charge on any atom is -0.0300 e. The zero-order chi connectivity index (χ0) is 9.19. The molecule has 0 aromatic rings. The van der Waals surface area contributed by atoms with Crippen LogP contribution in [0.2, 0.25) is 0 Å². The van der Waals surface area contributed by atoms with Crippen LogP contribution in [0.5, 0.6) is 0 Å². The molecule has 0 radical (unpaired) electrons. The first kappa shape index (κ1) is 10.1. The number of rotatable bonds is 2. The smallest absolute Gasteiger partial charge is 0.0300 e. The fourth-order valence-corrected chi connectivity index (χ4v) is 2.70. The van der Waals surface area contributed by atoms with Crippen molar-refractivity contribution in [1.29, 1.82) is 0 Å². The highest BCUT2D eigenvalue weighted by Crippen LogP contribution is 2.46. The molecule has 2 unspecified atom stereocenters. The molecule has 0 aromatic heterocycles. The number of hydrogen-bond acceptors (Lipinski definition) is 0. The Bertz CT molecular complexity index is 133. The summed E-state index contributed by atoms with van der Waals surface area (Å²) >= 11 is 0. The highest BCUT2D eigenvalue weighted by Gasteiger charge is 2.34. The van der Waals surface area contributed by atoms with Gasteiger partial charge in [-0.25, -0.2) is 0 Å². The molecule has 0 aliphatic heterocycles. The van der Waals surface area contributed by atoms with Crippen LogP contribution in [0.25, 0.3) is 0 Å². The molecule has 0 nitrogen and oxygen atoms in total. The predicted molar refractivity (Wildman–Crippen MR) is 55.2 cm³/mol. The standard InChI is InChI=1S/C12H24/c1-5-12(6-2)8-7-10(3)11(4)9-12/h10-11H,5-9H2,1-4H3. The van der Waals surface area contributed by atoms with Gasteiger partial charge in [-0.3, -0.25) is 0 Å². The maximum atomic E-state index is 2.43. The molecular formula is C12H24. The van der Waals surface area contributed by atoms with E-state index in [-0.39, 0.29) is 0 Å². The zero-order valence-electron chi connectivity index (χ0n) is 9.19. The van der Waals surface area contributed by atoms with Crippen LogP contribution in [0, 0.1) is 17.3 Å². The van der Waals surface area contributed by atoms with Crippen LogP contribution in [0.3, 0.4) is 0 Å². The van der Waals surface area contributed by atoms with Gasteiger partial charge in [0.2, 0.25) is 0 Å². The quantitative estimate of drug-likeness (QED) is 0.578. The third-order valence-electron chi connectivity index (χ3n) is 4.36. The van der Waals surface area contributed by atoms with Crippen LogP contribution in [0.4, 0.5) is 0 Å². The van der Waals surface area contributed by atoms with Gasteiger partial charge in [-0.05, 0) is 36.5 Å². The molecule has 72 valence electrons. The Kier molecular flexibility index (Phi) is 3.20. The van der Waals surface area contributed by atoms with Gasteiger partial charge in [0.1, 0.15) is 0 Å². The topological polar surface area (TPSA) is 0 Å². The van der Waals surface area contributed by atoms with E-state index in [2.05, 4.69) is 27.7 Å². The van der Waals surface area contributed by atoms with E-state index in [0.717, 1.165) is 11.8 Å². The van der Waals surface area contributed by atoms with Gasteiger partial charge >= 0.3 is 0 Å². The maximum absolute atomic E-state index is 2.43. The van der Waals surface area contributed by atoms with Crippen LogP contribution in [-0.4, -0.2) is 0 Å². The van der Waals surface area contributed by atoms with E-state index in [9.17, 15) is 0 Å². The van der Waals surface area contributed by atoms with Gasteiger partial charge < -0.3 is 0 Å². The summed E-state index contributed by atoms with van der Waals surface area (Å²) in [6.45, 7) is 9.59. The molecule has 0 saturated heterocycles. The van der Waals surface area contributed by atoms with Crippen molar-refractivity contribution in [3.63, 3.8) is 0 Å². The summed E-state index contributed by atoms with van der Waals surface area (Å²) in [6.07, 6.45) is 7.19. The lowest BCUT2D eigenvalue weighted by molar-refractivity contribution is 0.0948. The lowest BCUT2D eigenvalue weighted by Crippen LogP contribution is -2.30. The second kappa shape index (κ2) is 3.81. The van der Waals surface area contributed by atoms with E-state index >= 15 is 0 Å². The molecule has 12 heavy (non-hydrogen) atoms. The highest BCUT2D eigenvalue weighted by atomic mass is 14.4.